The van der Waals surface area contributed by atoms with Crippen LogP contribution in [0.15, 0.2) is 58.8 Å². The van der Waals surface area contributed by atoms with Crippen molar-refractivity contribution in [3.8, 4) is 6.19 Å². The van der Waals surface area contributed by atoms with Crippen molar-refractivity contribution in [2.45, 2.75) is 25.3 Å². The molecule has 0 bridgehead atoms. The Labute approximate surface area is 179 Å². The monoisotopic (exact) mass is 420 g/mol. The topological polar surface area (TPSA) is 98.2 Å². The van der Waals surface area contributed by atoms with Crippen molar-refractivity contribution in [2.75, 3.05) is 19.6 Å². The molecule has 2 aliphatic heterocycles. The molecule has 2 unspecified atom stereocenters. The normalized spacial score (nSPS) is 21.2. The van der Waals surface area contributed by atoms with Gasteiger partial charge >= 0.3 is 5.91 Å². The van der Waals surface area contributed by atoms with Crippen molar-refractivity contribution in [2.24, 2.45) is 10.1 Å². The zero-order valence-electron chi connectivity index (χ0n) is 17.0. The number of quaternary nitrogens is 1. The number of amides is 1. The Hall–Kier alpha value is -3.64. The molecule has 2 aliphatic rings. The molecule has 8 nitrogen and oxygen atoms in total. The van der Waals surface area contributed by atoms with Gasteiger partial charge in [0, 0.05) is 36.8 Å². The van der Waals surface area contributed by atoms with Crippen molar-refractivity contribution in [3.63, 3.8) is 0 Å². The van der Waals surface area contributed by atoms with Gasteiger partial charge in [0.15, 0.2) is 12.2 Å². The number of benzene rings is 1. The van der Waals surface area contributed by atoms with Crippen LogP contribution in [0.25, 0.3) is 0 Å². The molecule has 4 rings (SSSR count). The molecule has 2 aromatic rings. The number of likely N-dealkylation sites (tertiary alicyclic amines) is 1. The van der Waals surface area contributed by atoms with Gasteiger partial charge in [-0.15, -0.1) is 0 Å². The first kappa shape index (κ1) is 20.6. The van der Waals surface area contributed by atoms with Gasteiger partial charge in [-0.3, -0.25) is 20.2 Å². The van der Waals surface area contributed by atoms with E-state index in [9.17, 15) is 14.4 Å². The fraction of sp³-hybridized carbons (Fsp3) is 0.318. The van der Waals surface area contributed by atoms with Crippen molar-refractivity contribution < 1.29 is 14.1 Å². The fourth-order valence-electron chi connectivity index (χ4n) is 3.95. The molecule has 9 heteroatoms. The summed E-state index contributed by atoms with van der Waals surface area (Å²) in [6.45, 7) is 1.57. The second-order valence-corrected chi connectivity index (χ2v) is 7.44. The van der Waals surface area contributed by atoms with Crippen LogP contribution in [0.4, 0.5) is 4.39 Å². The zero-order valence-corrected chi connectivity index (χ0v) is 17.0. The first-order valence-corrected chi connectivity index (χ1v) is 10.3. The number of nitrogens with one attached hydrogen (secondary N) is 2. The highest BCUT2D eigenvalue weighted by Crippen LogP contribution is 2.15. The standard InChI is InChI=1S/C22H22FN7O/c23-17-8-6-16(7-9-17)21-19(29-13-3-5-20(29)31)14-30(28-21)22(27-15-24)26-12-10-18-4-1-2-11-25-18/h1-2,4,6-9,11,19H,3,5,10,12-14H2,(H,26,27)/p+1. The maximum atomic E-state index is 13.4. The first-order valence-electron chi connectivity index (χ1n) is 10.3. The van der Waals surface area contributed by atoms with E-state index in [1.165, 1.54) is 12.1 Å². The van der Waals surface area contributed by atoms with E-state index >= 15 is 0 Å². The van der Waals surface area contributed by atoms with Crippen LogP contribution in [0, 0.1) is 17.3 Å². The molecule has 1 saturated heterocycles. The second kappa shape index (κ2) is 9.45. The lowest BCUT2D eigenvalue weighted by molar-refractivity contribution is -0.826. The molecule has 0 saturated carbocycles. The fourth-order valence-corrected chi connectivity index (χ4v) is 3.95. The third-order valence-electron chi connectivity index (χ3n) is 5.45. The number of carbonyl (C=O) groups is 1. The summed E-state index contributed by atoms with van der Waals surface area (Å²) in [6, 6.07) is 11.6. The summed E-state index contributed by atoms with van der Waals surface area (Å²) in [7, 11) is 0. The molecule has 1 amide bonds. The quantitative estimate of drug-likeness (QED) is 0.317. The van der Waals surface area contributed by atoms with Gasteiger partial charge < -0.3 is 0 Å². The van der Waals surface area contributed by atoms with Gasteiger partial charge in [-0.1, -0.05) is 6.07 Å². The number of aliphatic imine (C=N–C) groups is 1. The zero-order chi connectivity index (χ0) is 21.6. The van der Waals surface area contributed by atoms with Crippen LogP contribution < -0.4 is 10.2 Å². The lowest BCUT2D eigenvalue weighted by atomic mass is 10.0. The molecule has 2 atom stereocenters. The summed E-state index contributed by atoms with van der Waals surface area (Å²) < 4.78 is 13.4. The van der Waals surface area contributed by atoms with Crippen molar-refractivity contribution in [3.05, 3.63) is 65.7 Å². The highest BCUT2D eigenvalue weighted by molar-refractivity contribution is 6.06. The van der Waals surface area contributed by atoms with E-state index < -0.39 is 0 Å². The van der Waals surface area contributed by atoms with Crippen molar-refractivity contribution >= 4 is 17.6 Å². The number of hydrogen-bond donors (Lipinski definition) is 2. The lowest BCUT2D eigenvalue weighted by Crippen LogP contribution is -3.17. The maximum absolute atomic E-state index is 13.4. The van der Waals surface area contributed by atoms with Crippen LogP contribution in [0.1, 0.15) is 24.1 Å². The van der Waals surface area contributed by atoms with Crippen LogP contribution >= 0.6 is 0 Å². The molecule has 0 aliphatic carbocycles. The number of guanidine groups is 1. The predicted octanol–water partition coefficient (Wildman–Crippen LogP) is 0.484. The Morgan fingerprint density at radius 1 is 1.32 bits per heavy atom. The number of halogens is 1. The Morgan fingerprint density at radius 2 is 2.16 bits per heavy atom. The van der Waals surface area contributed by atoms with Crippen LogP contribution in [-0.4, -0.2) is 53.2 Å². The first-order chi connectivity index (χ1) is 15.2. The van der Waals surface area contributed by atoms with Crippen LogP contribution in [0.5, 0.6) is 0 Å². The van der Waals surface area contributed by atoms with Gasteiger partial charge in [-0.05, 0) is 36.4 Å². The Kier molecular flexibility index (Phi) is 6.29. The molecular formula is C22H23FN7O+. The van der Waals surface area contributed by atoms with E-state index in [0.29, 0.717) is 37.6 Å². The van der Waals surface area contributed by atoms with E-state index in [-0.39, 0.29) is 17.8 Å². The molecule has 31 heavy (non-hydrogen) atoms. The number of hydrazone groups is 1. The molecular weight excluding hydrogens is 397 g/mol. The maximum Gasteiger partial charge on any atom is 0.312 e. The number of carbonyl (C=O) groups excluding carboxylic acids is 1. The van der Waals surface area contributed by atoms with Crippen molar-refractivity contribution in [1.29, 1.82) is 5.26 Å². The van der Waals surface area contributed by atoms with E-state index in [4.69, 9.17) is 0 Å². The van der Waals surface area contributed by atoms with Crippen LogP contribution in [0.2, 0.25) is 0 Å². The second-order valence-electron chi connectivity index (χ2n) is 7.44. The highest BCUT2D eigenvalue weighted by Gasteiger charge is 2.42. The largest absolute Gasteiger partial charge is 0.312 e. The van der Waals surface area contributed by atoms with Gasteiger partial charge in [0.05, 0.1) is 13.0 Å². The minimum absolute atomic E-state index is 0.156. The number of nitriles is 1. The summed E-state index contributed by atoms with van der Waals surface area (Å²) in [5.74, 6) is 0.151. The van der Waals surface area contributed by atoms with Gasteiger partial charge in [0.25, 0.3) is 0 Å². The molecule has 0 radical (unpaired) electrons. The number of nitrogens with zero attached hydrogens (tertiary/aromatic N) is 5. The van der Waals surface area contributed by atoms with E-state index in [2.05, 4.69) is 20.4 Å². The van der Waals surface area contributed by atoms with Crippen molar-refractivity contribution in [1.82, 2.24) is 15.3 Å². The summed E-state index contributed by atoms with van der Waals surface area (Å²) in [5.41, 5.74) is 2.36. The smallest absolute Gasteiger partial charge is 0.263 e. The predicted molar refractivity (Wildman–Crippen MR) is 112 cm³/mol. The van der Waals surface area contributed by atoms with Gasteiger partial charge in [-0.2, -0.15) is 10.4 Å². The molecule has 1 aromatic heterocycles. The Balaban J connectivity index is 1.59. The summed E-state index contributed by atoms with van der Waals surface area (Å²) >= 11 is 0. The minimum Gasteiger partial charge on any atom is -0.263 e. The minimum atomic E-state index is -0.330. The average Bonchev–Trinajstić information content (AvgIpc) is 3.40. The summed E-state index contributed by atoms with van der Waals surface area (Å²) in [4.78, 5) is 22.1. The van der Waals surface area contributed by atoms with Crippen LogP contribution in [-0.2, 0) is 11.2 Å². The number of aromatic nitrogens is 1. The van der Waals surface area contributed by atoms with E-state index in [1.54, 1.807) is 23.3 Å². The third-order valence-corrected chi connectivity index (χ3v) is 5.45. The Morgan fingerprint density at radius 3 is 2.84 bits per heavy atom. The van der Waals surface area contributed by atoms with Gasteiger partial charge in [0.1, 0.15) is 18.1 Å². The summed E-state index contributed by atoms with van der Waals surface area (Å²) in [6.07, 6.45) is 5.65. The molecule has 2 N–H and O–H groups in total. The van der Waals surface area contributed by atoms with E-state index in [1.807, 2.05) is 24.4 Å². The third kappa shape index (κ3) is 4.75. The molecule has 158 valence electrons. The molecule has 3 heterocycles. The Bertz CT molecular complexity index is 1030. The lowest BCUT2D eigenvalue weighted by Gasteiger charge is -2.20. The van der Waals surface area contributed by atoms with E-state index in [0.717, 1.165) is 29.1 Å². The summed E-state index contributed by atoms with van der Waals surface area (Å²) in [5, 5.41) is 18.1. The SMILES string of the molecule is N#CNC(=NCCc1ccccn1)N1CC([NH+]2CCCC2=O)C(c2ccc(F)cc2)=N1. The number of pyridine rings is 1. The number of hydrogen-bond acceptors (Lipinski definition) is 5. The average molecular weight is 420 g/mol. The van der Waals surface area contributed by atoms with Gasteiger partial charge in [0.2, 0.25) is 5.96 Å². The molecule has 1 fully saturated rings. The molecule has 0 spiro atoms. The van der Waals surface area contributed by atoms with Crippen LogP contribution in [0.3, 0.4) is 0 Å². The van der Waals surface area contributed by atoms with Gasteiger partial charge in [-0.25, -0.2) is 14.2 Å². The number of rotatable bonds is 5. The highest BCUT2D eigenvalue weighted by atomic mass is 19.1. The molecule has 1 aromatic carbocycles.